The summed E-state index contributed by atoms with van der Waals surface area (Å²) in [5.74, 6) is 0.655. The molecule has 0 aromatic carbocycles. The molecule has 1 atom stereocenters. The highest BCUT2D eigenvalue weighted by Crippen LogP contribution is 2.17. The molecule has 150 valence electrons. The molecule has 1 saturated heterocycles. The predicted octanol–water partition coefficient (Wildman–Crippen LogP) is 1.48. The molecule has 0 spiro atoms. The molecule has 0 bridgehead atoms. The van der Waals surface area contributed by atoms with Crippen molar-refractivity contribution in [3.63, 3.8) is 0 Å². The number of hydrogen-bond acceptors (Lipinski definition) is 4. The second kappa shape index (κ2) is 11.4. The van der Waals surface area contributed by atoms with Crippen molar-refractivity contribution in [3.05, 3.63) is 0 Å². The van der Waals surface area contributed by atoms with Crippen LogP contribution in [0, 0.1) is 5.92 Å². The minimum atomic E-state index is -0.236. The SMILES string of the molecule is CC(C)CN1CCO[C@H](CNC(=O)NCCC(=O)NC2CCCCC2)C1. The van der Waals surface area contributed by atoms with Crippen LogP contribution < -0.4 is 16.0 Å². The Hall–Kier alpha value is -1.34. The maximum absolute atomic E-state index is 11.9. The van der Waals surface area contributed by atoms with Gasteiger partial charge < -0.3 is 20.7 Å². The maximum Gasteiger partial charge on any atom is 0.314 e. The average Bonchev–Trinajstić information content (AvgIpc) is 2.60. The Bertz CT molecular complexity index is 439. The van der Waals surface area contributed by atoms with E-state index in [1.165, 1.54) is 19.3 Å². The molecule has 0 aromatic heterocycles. The summed E-state index contributed by atoms with van der Waals surface area (Å²) in [6.07, 6.45) is 6.18. The van der Waals surface area contributed by atoms with E-state index in [4.69, 9.17) is 4.74 Å². The zero-order valence-corrected chi connectivity index (χ0v) is 16.4. The van der Waals surface area contributed by atoms with Crippen molar-refractivity contribution in [3.8, 4) is 0 Å². The quantitative estimate of drug-likeness (QED) is 0.606. The summed E-state index contributed by atoms with van der Waals surface area (Å²) in [7, 11) is 0. The summed E-state index contributed by atoms with van der Waals surface area (Å²) >= 11 is 0. The van der Waals surface area contributed by atoms with Crippen molar-refractivity contribution in [1.82, 2.24) is 20.9 Å². The standard InChI is InChI=1S/C19H36N4O3/c1-15(2)13-23-10-11-26-17(14-23)12-21-19(25)20-9-8-18(24)22-16-6-4-3-5-7-16/h15-17H,3-14H2,1-2H3,(H,22,24)(H2,20,21,25)/t17-/m1/s1. The number of hydrogen-bond donors (Lipinski definition) is 3. The van der Waals surface area contributed by atoms with Gasteiger partial charge in [-0.2, -0.15) is 0 Å². The van der Waals surface area contributed by atoms with Crippen molar-refractivity contribution in [2.24, 2.45) is 5.92 Å². The van der Waals surface area contributed by atoms with E-state index in [2.05, 4.69) is 34.7 Å². The van der Waals surface area contributed by atoms with Crippen LogP contribution in [-0.2, 0) is 9.53 Å². The molecule has 26 heavy (non-hydrogen) atoms. The fourth-order valence-electron chi connectivity index (χ4n) is 3.69. The van der Waals surface area contributed by atoms with Crippen LogP contribution in [0.4, 0.5) is 4.79 Å². The fraction of sp³-hybridized carbons (Fsp3) is 0.895. The Morgan fingerprint density at radius 1 is 1.15 bits per heavy atom. The van der Waals surface area contributed by atoms with Crippen LogP contribution in [0.2, 0.25) is 0 Å². The van der Waals surface area contributed by atoms with Crippen LogP contribution in [0.3, 0.4) is 0 Å². The fourth-order valence-corrected chi connectivity index (χ4v) is 3.69. The zero-order valence-electron chi connectivity index (χ0n) is 16.4. The van der Waals surface area contributed by atoms with Crippen molar-refractivity contribution < 1.29 is 14.3 Å². The first kappa shape index (κ1) is 21.0. The number of amides is 3. The van der Waals surface area contributed by atoms with Crippen LogP contribution in [0.15, 0.2) is 0 Å². The Morgan fingerprint density at radius 2 is 1.92 bits per heavy atom. The normalized spacial score (nSPS) is 22.2. The van der Waals surface area contributed by atoms with E-state index in [0.29, 0.717) is 38.1 Å². The smallest absolute Gasteiger partial charge is 0.314 e. The molecule has 2 fully saturated rings. The molecule has 3 amide bonds. The first-order valence-electron chi connectivity index (χ1n) is 10.2. The molecule has 0 aromatic rings. The van der Waals surface area contributed by atoms with Crippen molar-refractivity contribution in [2.45, 2.75) is 64.5 Å². The molecule has 0 radical (unpaired) electrons. The molecule has 0 unspecified atom stereocenters. The summed E-state index contributed by atoms with van der Waals surface area (Å²) in [6.45, 7) is 8.84. The van der Waals surface area contributed by atoms with E-state index in [0.717, 1.165) is 32.5 Å². The van der Waals surface area contributed by atoms with Gasteiger partial charge in [-0.05, 0) is 18.8 Å². The number of carbonyl (C=O) groups is 2. The lowest BCUT2D eigenvalue weighted by Gasteiger charge is -2.33. The van der Waals surface area contributed by atoms with Gasteiger partial charge in [-0.15, -0.1) is 0 Å². The number of ether oxygens (including phenoxy) is 1. The van der Waals surface area contributed by atoms with Gasteiger partial charge in [0.2, 0.25) is 5.91 Å². The van der Waals surface area contributed by atoms with Crippen molar-refractivity contribution >= 4 is 11.9 Å². The third kappa shape index (κ3) is 8.36. The number of rotatable bonds is 8. The van der Waals surface area contributed by atoms with E-state index in [1.807, 2.05) is 0 Å². The summed E-state index contributed by atoms with van der Waals surface area (Å²) < 4.78 is 5.72. The molecular formula is C19H36N4O3. The minimum Gasteiger partial charge on any atom is -0.374 e. The van der Waals surface area contributed by atoms with E-state index < -0.39 is 0 Å². The first-order valence-corrected chi connectivity index (χ1v) is 10.2. The lowest BCUT2D eigenvalue weighted by Crippen LogP contribution is -2.50. The van der Waals surface area contributed by atoms with Gasteiger partial charge in [0.05, 0.1) is 12.7 Å². The molecule has 3 N–H and O–H groups in total. The van der Waals surface area contributed by atoms with E-state index in [9.17, 15) is 9.59 Å². The van der Waals surface area contributed by atoms with E-state index in [-0.39, 0.29) is 18.0 Å². The van der Waals surface area contributed by atoms with Gasteiger partial charge in [-0.3, -0.25) is 9.69 Å². The van der Waals surface area contributed by atoms with Crippen molar-refractivity contribution in [2.75, 3.05) is 39.3 Å². The second-order valence-electron chi connectivity index (χ2n) is 7.94. The molecule has 1 aliphatic heterocycles. The molecule has 1 heterocycles. The highest BCUT2D eigenvalue weighted by atomic mass is 16.5. The Labute approximate surface area is 157 Å². The van der Waals surface area contributed by atoms with Crippen LogP contribution in [0.5, 0.6) is 0 Å². The van der Waals surface area contributed by atoms with Gasteiger partial charge in [-0.25, -0.2) is 4.79 Å². The van der Waals surface area contributed by atoms with Gasteiger partial charge in [0.25, 0.3) is 0 Å². The van der Waals surface area contributed by atoms with Gasteiger partial charge in [0.1, 0.15) is 0 Å². The van der Waals surface area contributed by atoms with Crippen LogP contribution in [-0.4, -0.2) is 68.3 Å². The predicted molar refractivity (Wildman–Crippen MR) is 102 cm³/mol. The third-order valence-corrected chi connectivity index (χ3v) is 4.94. The molecule has 1 saturated carbocycles. The second-order valence-corrected chi connectivity index (χ2v) is 7.94. The lowest BCUT2D eigenvalue weighted by atomic mass is 9.95. The van der Waals surface area contributed by atoms with Gasteiger partial charge in [-0.1, -0.05) is 33.1 Å². The van der Waals surface area contributed by atoms with Crippen LogP contribution in [0.1, 0.15) is 52.4 Å². The number of nitrogens with zero attached hydrogens (tertiary/aromatic N) is 1. The number of urea groups is 1. The monoisotopic (exact) mass is 368 g/mol. The van der Waals surface area contributed by atoms with Gasteiger partial charge in [0.15, 0.2) is 0 Å². The Morgan fingerprint density at radius 3 is 2.65 bits per heavy atom. The van der Waals surface area contributed by atoms with Crippen LogP contribution in [0.25, 0.3) is 0 Å². The Kier molecular flexibility index (Phi) is 9.18. The molecule has 1 aliphatic carbocycles. The molecule has 7 heteroatoms. The highest BCUT2D eigenvalue weighted by molar-refractivity contribution is 5.78. The van der Waals surface area contributed by atoms with Gasteiger partial charge >= 0.3 is 6.03 Å². The minimum absolute atomic E-state index is 0.0251. The summed E-state index contributed by atoms with van der Waals surface area (Å²) in [5.41, 5.74) is 0. The summed E-state index contributed by atoms with van der Waals surface area (Å²) in [6, 6.07) is 0.0855. The Balaban J connectivity index is 1.53. The molecule has 2 aliphatic rings. The van der Waals surface area contributed by atoms with Crippen LogP contribution >= 0.6 is 0 Å². The summed E-state index contributed by atoms with van der Waals surface area (Å²) in [5, 5.41) is 8.66. The topological polar surface area (TPSA) is 82.7 Å². The van der Waals surface area contributed by atoms with Gasteiger partial charge in [0, 0.05) is 45.2 Å². The van der Waals surface area contributed by atoms with E-state index in [1.54, 1.807) is 0 Å². The molecule has 2 rings (SSSR count). The first-order chi connectivity index (χ1) is 12.5. The third-order valence-electron chi connectivity index (χ3n) is 4.94. The average molecular weight is 369 g/mol. The van der Waals surface area contributed by atoms with Crippen molar-refractivity contribution in [1.29, 1.82) is 0 Å². The van der Waals surface area contributed by atoms with E-state index >= 15 is 0 Å². The highest BCUT2D eigenvalue weighted by Gasteiger charge is 2.21. The number of nitrogens with one attached hydrogen (secondary N) is 3. The zero-order chi connectivity index (χ0) is 18.8. The molecule has 7 nitrogen and oxygen atoms in total. The maximum atomic E-state index is 11.9. The lowest BCUT2D eigenvalue weighted by molar-refractivity contribution is -0.121. The number of carbonyl (C=O) groups excluding carboxylic acids is 2. The summed E-state index contributed by atoms with van der Waals surface area (Å²) in [4.78, 5) is 26.2. The number of morpholine rings is 1. The molecular weight excluding hydrogens is 332 g/mol. The largest absolute Gasteiger partial charge is 0.374 e.